The zero-order chi connectivity index (χ0) is 51.8. The van der Waals surface area contributed by atoms with Crippen molar-refractivity contribution in [2.75, 3.05) is 18.6 Å². The van der Waals surface area contributed by atoms with Crippen LogP contribution in [0.15, 0.2) is 24.3 Å². The molecular weight excluding hydrogens is 925 g/mol. The highest BCUT2D eigenvalue weighted by Gasteiger charge is 2.37. The van der Waals surface area contributed by atoms with E-state index in [1.165, 1.54) is 36.0 Å². The molecule has 19 N–H and O–H groups in total. The van der Waals surface area contributed by atoms with Crippen LogP contribution in [0.1, 0.15) is 64.4 Å². The first-order chi connectivity index (χ1) is 31.8. The van der Waals surface area contributed by atoms with Crippen LogP contribution in [0.2, 0.25) is 0 Å². The van der Waals surface area contributed by atoms with Gasteiger partial charge in [-0.25, -0.2) is 4.79 Å². The minimum absolute atomic E-state index is 0.143. The summed E-state index contributed by atoms with van der Waals surface area (Å²) in [5.74, 6) is -13.8. The minimum Gasteiger partial charge on any atom is -0.508 e. The van der Waals surface area contributed by atoms with E-state index in [1.807, 2.05) is 5.32 Å². The quantitative estimate of drug-likeness (QED) is 0.0299. The molecular formula is C40H62N10O17S. The minimum atomic E-state index is -1.93. The standard InChI is InChI=1S/C40H62N10O17S/c1-18(51)31(39(65)45-23(6-4-5-12-41)34(60)47-26(16-28(43)54)38(64)50-32(19(2)52)40(66)67)49-35(61)24(11-13-68-3)44-37(63)27(17-30(57)58)48-36(62)25(14-20-7-9-21(53)10-8-20)46-33(59)22(42)15-29(55)56/h7-10,18-19,22-27,31-32,51-53H,4-6,11-17,41-42H2,1-3H3,(H2,43,54)(H,44,63)(H,45,65)(H,46,59)(H,47,60)(H,48,62)(H,49,61)(H,50,64)(H,55,56)(H,57,58)(H,66,67)/t18-,19-,22+,23+,24+,25+,26+,27+,31+,32+/m1/s1. The van der Waals surface area contributed by atoms with Gasteiger partial charge in [-0.15, -0.1) is 0 Å². The maximum Gasteiger partial charge on any atom is 0.328 e. The maximum atomic E-state index is 13.8. The number of primary amides is 1. The topological polar surface area (TPSA) is 471 Å². The number of carboxylic acids is 3. The fourth-order valence-corrected chi connectivity index (χ4v) is 6.55. The van der Waals surface area contributed by atoms with E-state index in [9.17, 15) is 78.3 Å². The predicted octanol–water partition coefficient (Wildman–Crippen LogP) is -5.79. The molecule has 0 radical (unpaired) electrons. The number of amides is 8. The van der Waals surface area contributed by atoms with Crippen molar-refractivity contribution >= 4 is 76.9 Å². The second-order valence-electron chi connectivity index (χ2n) is 15.5. The van der Waals surface area contributed by atoms with Crippen LogP contribution in [-0.4, -0.2) is 175 Å². The third kappa shape index (κ3) is 21.8. The number of phenolic OH excluding ortho intramolecular Hbond substituents is 1. The van der Waals surface area contributed by atoms with Crippen molar-refractivity contribution in [2.45, 2.75) is 126 Å². The highest BCUT2D eigenvalue weighted by Crippen LogP contribution is 2.13. The smallest absolute Gasteiger partial charge is 0.328 e. The van der Waals surface area contributed by atoms with E-state index in [0.717, 1.165) is 13.8 Å². The molecule has 1 aromatic carbocycles. The number of hydrogen-bond donors (Lipinski definition) is 16. The van der Waals surface area contributed by atoms with Crippen molar-refractivity contribution in [1.82, 2.24) is 37.2 Å². The number of carbonyl (C=O) groups is 11. The maximum absolute atomic E-state index is 13.8. The van der Waals surface area contributed by atoms with Gasteiger partial charge in [0.05, 0.1) is 37.5 Å². The number of carbonyl (C=O) groups excluding carboxylic acids is 8. The largest absolute Gasteiger partial charge is 0.508 e. The van der Waals surface area contributed by atoms with Crippen molar-refractivity contribution in [3.05, 3.63) is 29.8 Å². The van der Waals surface area contributed by atoms with Crippen molar-refractivity contribution in [3.8, 4) is 5.75 Å². The molecule has 0 fully saturated rings. The zero-order valence-electron chi connectivity index (χ0n) is 37.5. The van der Waals surface area contributed by atoms with Crippen molar-refractivity contribution < 1.29 is 83.4 Å². The molecule has 0 aliphatic heterocycles. The van der Waals surface area contributed by atoms with E-state index >= 15 is 0 Å². The molecule has 27 nitrogen and oxygen atoms in total. The summed E-state index contributed by atoms with van der Waals surface area (Å²) in [6.45, 7) is 2.31. The Morgan fingerprint density at radius 2 is 1.01 bits per heavy atom. The summed E-state index contributed by atoms with van der Waals surface area (Å²) >= 11 is 1.21. The Bertz CT molecular complexity index is 1940. The second-order valence-corrected chi connectivity index (χ2v) is 16.5. The molecule has 28 heteroatoms. The highest BCUT2D eigenvalue weighted by atomic mass is 32.2. The van der Waals surface area contributed by atoms with Gasteiger partial charge < -0.3 is 85.1 Å². The molecule has 10 atom stereocenters. The van der Waals surface area contributed by atoms with Crippen LogP contribution >= 0.6 is 11.8 Å². The van der Waals surface area contributed by atoms with Gasteiger partial charge in [-0.3, -0.25) is 47.9 Å². The van der Waals surface area contributed by atoms with Crippen molar-refractivity contribution in [2.24, 2.45) is 17.2 Å². The molecule has 1 rings (SSSR count). The third-order valence-electron chi connectivity index (χ3n) is 9.72. The lowest BCUT2D eigenvalue weighted by Crippen LogP contribution is -2.62. The van der Waals surface area contributed by atoms with Gasteiger partial charge in [-0.1, -0.05) is 12.1 Å². The van der Waals surface area contributed by atoms with Crippen LogP contribution in [0.25, 0.3) is 0 Å². The summed E-state index contributed by atoms with van der Waals surface area (Å²) in [5, 5.41) is 74.0. The average Bonchev–Trinajstić information content (AvgIpc) is 3.24. The Morgan fingerprint density at radius 1 is 0.574 bits per heavy atom. The molecule has 8 amide bonds. The van der Waals surface area contributed by atoms with Crippen molar-refractivity contribution in [1.29, 1.82) is 0 Å². The van der Waals surface area contributed by atoms with Gasteiger partial charge in [0.15, 0.2) is 6.04 Å². The molecule has 0 spiro atoms. The van der Waals surface area contributed by atoms with Crippen molar-refractivity contribution in [3.63, 3.8) is 0 Å². The summed E-state index contributed by atoms with van der Waals surface area (Å²) in [6, 6.07) is -8.49. The van der Waals surface area contributed by atoms with Gasteiger partial charge in [-0.05, 0) is 75.8 Å². The second kappa shape index (κ2) is 29.9. The number of hydrogen-bond acceptors (Lipinski definition) is 17. The van der Waals surface area contributed by atoms with Gasteiger partial charge in [-0.2, -0.15) is 11.8 Å². The molecule has 0 aromatic heterocycles. The van der Waals surface area contributed by atoms with Gasteiger partial charge in [0.2, 0.25) is 47.3 Å². The number of benzene rings is 1. The molecule has 0 saturated carbocycles. The Morgan fingerprint density at radius 3 is 1.51 bits per heavy atom. The Kier molecular flexibility index (Phi) is 26.1. The van der Waals surface area contributed by atoms with Crippen LogP contribution < -0.4 is 54.4 Å². The summed E-state index contributed by atoms with van der Waals surface area (Å²) in [6.07, 6.45) is -4.55. The molecule has 0 aliphatic rings. The number of unbranched alkanes of at least 4 members (excludes halogenated alkanes) is 1. The Hall–Kier alpha value is -6.62. The Balaban J connectivity index is 3.44. The normalized spacial score (nSPS) is 15.4. The fourth-order valence-electron chi connectivity index (χ4n) is 6.08. The number of aromatic hydroxyl groups is 1. The third-order valence-corrected chi connectivity index (χ3v) is 10.4. The summed E-state index contributed by atoms with van der Waals surface area (Å²) < 4.78 is 0. The summed E-state index contributed by atoms with van der Waals surface area (Å²) in [4.78, 5) is 141. The van der Waals surface area contributed by atoms with E-state index in [-0.39, 0.29) is 43.7 Å². The number of thioether (sulfide) groups is 1. The number of aliphatic carboxylic acids is 3. The molecule has 1 aromatic rings. The monoisotopic (exact) mass is 986 g/mol. The lowest BCUT2D eigenvalue weighted by Gasteiger charge is -2.28. The molecule has 0 bridgehead atoms. The number of aliphatic hydroxyl groups is 2. The number of nitrogens with two attached hydrogens (primary N) is 3. The summed E-state index contributed by atoms with van der Waals surface area (Å²) in [5.41, 5.74) is 16.9. The number of nitrogens with one attached hydrogen (secondary N) is 7. The van der Waals surface area contributed by atoms with Crippen LogP contribution in [-0.2, 0) is 59.2 Å². The molecule has 0 unspecified atom stereocenters. The van der Waals surface area contributed by atoms with Gasteiger partial charge >= 0.3 is 17.9 Å². The fraction of sp³-hybridized carbons (Fsp3) is 0.575. The van der Waals surface area contributed by atoms with E-state index in [4.69, 9.17) is 22.3 Å². The first kappa shape index (κ1) is 59.4. The van der Waals surface area contributed by atoms with Crippen LogP contribution in [0.5, 0.6) is 5.75 Å². The number of aliphatic hydroxyl groups excluding tert-OH is 2. The lowest BCUT2D eigenvalue weighted by molar-refractivity contribution is -0.145. The number of carboxylic acid groups (broad SMARTS) is 3. The molecule has 0 saturated heterocycles. The average molecular weight is 987 g/mol. The van der Waals surface area contributed by atoms with E-state index in [0.29, 0.717) is 12.0 Å². The number of phenols is 1. The molecule has 380 valence electrons. The van der Waals surface area contributed by atoms with E-state index < -0.39 is 145 Å². The van der Waals surface area contributed by atoms with Crippen LogP contribution in [0.4, 0.5) is 0 Å². The van der Waals surface area contributed by atoms with E-state index in [2.05, 4.69) is 31.9 Å². The molecule has 68 heavy (non-hydrogen) atoms. The first-order valence-corrected chi connectivity index (χ1v) is 22.4. The van der Waals surface area contributed by atoms with Gasteiger partial charge in [0.25, 0.3) is 0 Å². The molecule has 0 aliphatic carbocycles. The van der Waals surface area contributed by atoms with Gasteiger partial charge in [0, 0.05) is 6.42 Å². The first-order valence-electron chi connectivity index (χ1n) is 21.0. The van der Waals surface area contributed by atoms with E-state index in [1.54, 1.807) is 6.26 Å². The lowest BCUT2D eigenvalue weighted by atomic mass is 10.0. The number of rotatable bonds is 32. The highest BCUT2D eigenvalue weighted by molar-refractivity contribution is 7.98. The SMILES string of the molecule is CSCC[C@H](NC(=O)[C@H](CC(=O)O)NC(=O)[C@H](Cc1ccc(O)cc1)NC(=O)[C@@H](N)CC(=O)O)C(=O)N[C@H](C(=O)N[C@@H](CCCCN)C(=O)N[C@@H](CC(N)=O)C(=O)N[C@H](C(=O)O)[C@@H](C)O)[C@@H](C)O. The van der Waals surface area contributed by atoms with Crippen LogP contribution in [0.3, 0.4) is 0 Å². The summed E-state index contributed by atoms with van der Waals surface area (Å²) in [7, 11) is 0. The molecule has 0 heterocycles. The van der Waals surface area contributed by atoms with Gasteiger partial charge in [0.1, 0.15) is 42.0 Å². The predicted molar refractivity (Wildman–Crippen MR) is 239 cm³/mol. The zero-order valence-corrected chi connectivity index (χ0v) is 38.3. The van der Waals surface area contributed by atoms with Crippen LogP contribution in [0, 0.1) is 0 Å². The Labute approximate surface area is 393 Å².